The molecular weight excluding hydrogens is 555 g/mol. The summed E-state index contributed by atoms with van der Waals surface area (Å²) in [5.41, 5.74) is 1.42. The molecule has 1 unspecified atom stereocenters. The fraction of sp³-hybridized carbons (Fsp3) is 0.407. The molecule has 0 amide bonds. The second-order valence-corrected chi connectivity index (χ2v) is 10.4. The van der Waals surface area contributed by atoms with E-state index in [-0.39, 0.29) is 6.10 Å². The molecule has 2 aromatic carbocycles. The quantitative estimate of drug-likeness (QED) is 0.260. The van der Waals surface area contributed by atoms with Crippen molar-refractivity contribution in [3.8, 4) is 17.7 Å². The van der Waals surface area contributed by atoms with Gasteiger partial charge in [0.25, 0.3) is 0 Å². The monoisotopic (exact) mass is 584 g/mol. The van der Waals surface area contributed by atoms with Crippen molar-refractivity contribution in [2.45, 2.75) is 6.10 Å². The molecule has 0 saturated carbocycles. The van der Waals surface area contributed by atoms with Crippen LogP contribution < -0.4 is 14.8 Å². The predicted octanol–water partition coefficient (Wildman–Crippen LogP) is 3.85. The van der Waals surface area contributed by atoms with Crippen molar-refractivity contribution < 1.29 is 14.2 Å². The van der Waals surface area contributed by atoms with E-state index >= 15 is 0 Å². The SMILES string of the molecule is COc1cc2c(Nc3ccc(Cl)c(Cl)c3)ncnc2cc1OCC1CN(/C(=N\C#N)N2CCN(C)CC2)CCO1. The molecule has 0 spiro atoms. The summed E-state index contributed by atoms with van der Waals surface area (Å²) in [5.74, 6) is 2.37. The van der Waals surface area contributed by atoms with E-state index in [1.54, 1.807) is 19.2 Å². The van der Waals surface area contributed by atoms with Gasteiger partial charge in [0.1, 0.15) is 24.9 Å². The maximum absolute atomic E-state index is 9.34. The predicted molar refractivity (Wildman–Crippen MR) is 155 cm³/mol. The number of likely N-dealkylation sites (N-methyl/N-ethyl adjacent to an activating group) is 1. The second-order valence-electron chi connectivity index (χ2n) is 9.55. The number of ether oxygens (including phenoxy) is 3. The number of anilines is 2. The topological polar surface area (TPSA) is 111 Å². The van der Waals surface area contributed by atoms with Crippen molar-refractivity contribution in [3.63, 3.8) is 0 Å². The number of nitrogens with zero attached hydrogens (tertiary/aromatic N) is 7. The largest absolute Gasteiger partial charge is 0.493 e. The molecule has 2 aliphatic heterocycles. The van der Waals surface area contributed by atoms with E-state index in [2.05, 4.69) is 42.0 Å². The molecule has 0 radical (unpaired) electrons. The van der Waals surface area contributed by atoms with Gasteiger partial charge in [0.05, 0.1) is 35.8 Å². The third kappa shape index (κ3) is 6.42. The highest BCUT2D eigenvalue weighted by atomic mass is 35.5. The van der Waals surface area contributed by atoms with Crippen LogP contribution in [0.4, 0.5) is 11.5 Å². The Labute approximate surface area is 242 Å². The van der Waals surface area contributed by atoms with Gasteiger partial charge in [-0.2, -0.15) is 5.26 Å². The molecule has 3 aromatic rings. The lowest BCUT2D eigenvalue weighted by atomic mass is 10.2. The normalized spacial score (nSPS) is 18.5. The maximum Gasteiger partial charge on any atom is 0.212 e. The number of guanidine groups is 1. The van der Waals surface area contributed by atoms with Crippen LogP contribution in [0, 0.1) is 11.5 Å². The summed E-state index contributed by atoms with van der Waals surface area (Å²) in [7, 11) is 3.68. The Morgan fingerprint density at radius 1 is 1.10 bits per heavy atom. The van der Waals surface area contributed by atoms with Crippen LogP contribution in [0.5, 0.6) is 11.5 Å². The van der Waals surface area contributed by atoms with Crippen molar-refractivity contribution in [1.29, 1.82) is 5.26 Å². The smallest absolute Gasteiger partial charge is 0.212 e. The molecule has 2 fully saturated rings. The zero-order valence-electron chi connectivity index (χ0n) is 22.3. The third-order valence-corrected chi connectivity index (χ3v) is 7.62. The number of aromatic nitrogens is 2. The molecule has 2 saturated heterocycles. The summed E-state index contributed by atoms with van der Waals surface area (Å²) in [6, 6.07) is 8.93. The number of piperazine rings is 1. The van der Waals surface area contributed by atoms with Crippen molar-refractivity contribution in [2.75, 3.05) is 72.0 Å². The van der Waals surface area contributed by atoms with E-state index in [1.165, 1.54) is 6.33 Å². The molecule has 1 atom stereocenters. The van der Waals surface area contributed by atoms with Gasteiger partial charge in [-0.15, -0.1) is 4.99 Å². The van der Waals surface area contributed by atoms with Crippen molar-refractivity contribution >= 4 is 51.6 Å². The fourth-order valence-corrected chi connectivity index (χ4v) is 5.02. The Morgan fingerprint density at radius 3 is 2.67 bits per heavy atom. The number of aliphatic imine (C=N–C) groups is 1. The van der Waals surface area contributed by atoms with Gasteiger partial charge in [0, 0.05) is 49.9 Å². The van der Waals surface area contributed by atoms with Gasteiger partial charge in [0.15, 0.2) is 11.5 Å². The Hall–Kier alpha value is -3.56. The average molecular weight is 585 g/mol. The number of methoxy groups -OCH3 is 1. The summed E-state index contributed by atoms with van der Waals surface area (Å²) in [5, 5.41) is 14.3. The molecule has 0 bridgehead atoms. The minimum absolute atomic E-state index is 0.220. The molecule has 5 rings (SSSR count). The Balaban J connectivity index is 1.29. The zero-order chi connectivity index (χ0) is 28.1. The highest BCUT2D eigenvalue weighted by Crippen LogP contribution is 2.35. The number of nitrogens with one attached hydrogen (secondary N) is 1. The summed E-state index contributed by atoms with van der Waals surface area (Å²) in [4.78, 5) is 19.5. The molecule has 0 aliphatic carbocycles. The molecule has 40 heavy (non-hydrogen) atoms. The van der Waals surface area contributed by atoms with Gasteiger partial charge in [-0.3, -0.25) is 0 Å². The van der Waals surface area contributed by atoms with Crippen LogP contribution in [-0.2, 0) is 4.74 Å². The first-order chi connectivity index (χ1) is 19.4. The lowest BCUT2D eigenvalue weighted by molar-refractivity contribution is -0.0324. The van der Waals surface area contributed by atoms with Crippen LogP contribution in [-0.4, -0.2) is 103 Å². The van der Waals surface area contributed by atoms with Crippen LogP contribution >= 0.6 is 23.2 Å². The van der Waals surface area contributed by atoms with Gasteiger partial charge in [-0.05, 0) is 31.3 Å². The zero-order valence-corrected chi connectivity index (χ0v) is 23.8. The van der Waals surface area contributed by atoms with E-state index in [4.69, 9.17) is 37.4 Å². The van der Waals surface area contributed by atoms with Crippen molar-refractivity contribution in [1.82, 2.24) is 24.7 Å². The van der Waals surface area contributed by atoms with E-state index in [1.807, 2.05) is 24.4 Å². The van der Waals surface area contributed by atoms with E-state index in [0.717, 1.165) is 37.3 Å². The average Bonchev–Trinajstić information content (AvgIpc) is 2.97. The third-order valence-electron chi connectivity index (χ3n) is 6.89. The molecule has 1 N–H and O–H groups in total. The van der Waals surface area contributed by atoms with Gasteiger partial charge < -0.3 is 34.2 Å². The van der Waals surface area contributed by atoms with E-state index in [9.17, 15) is 5.26 Å². The van der Waals surface area contributed by atoms with Crippen LogP contribution in [0.15, 0.2) is 41.7 Å². The van der Waals surface area contributed by atoms with E-state index < -0.39 is 0 Å². The number of rotatable bonds is 6. The maximum atomic E-state index is 9.34. The molecule has 11 nitrogen and oxygen atoms in total. The van der Waals surface area contributed by atoms with Gasteiger partial charge in [0.2, 0.25) is 12.2 Å². The summed E-state index contributed by atoms with van der Waals surface area (Å²) in [6.07, 6.45) is 3.24. The minimum Gasteiger partial charge on any atom is -0.493 e. The van der Waals surface area contributed by atoms with E-state index in [0.29, 0.717) is 65.1 Å². The van der Waals surface area contributed by atoms with Crippen molar-refractivity contribution in [3.05, 3.63) is 46.7 Å². The standard InChI is InChI=1S/C27H30Cl2N8O3/c1-35-5-7-36(8-6-35)27(31-16-30)37-9-10-39-19(14-37)15-40-25-13-23-20(12-24(25)38-2)26(33-17-32-23)34-18-3-4-21(28)22(29)11-18/h3-4,11-13,17,19H,5-10,14-15H2,1-2H3,(H,32,33,34)/b31-27-. The first-order valence-electron chi connectivity index (χ1n) is 12.9. The molecule has 2 aliphatic rings. The molecule has 3 heterocycles. The highest BCUT2D eigenvalue weighted by molar-refractivity contribution is 6.42. The first-order valence-corrected chi connectivity index (χ1v) is 13.6. The Kier molecular flexibility index (Phi) is 8.91. The van der Waals surface area contributed by atoms with Crippen LogP contribution in [0.3, 0.4) is 0 Å². The van der Waals surface area contributed by atoms with Gasteiger partial charge in [-0.25, -0.2) is 9.97 Å². The number of hydrogen-bond donors (Lipinski definition) is 1. The lowest BCUT2D eigenvalue weighted by Crippen LogP contribution is -2.56. The van der Waals surface area contributed by atoms with Crippen LogP contribution in [0.2, 0.25) is 10.0 Å². The number of fused-ring (bicyclic) bond motifs is 1. The minimum atomic E-state index is -0.220. The fourth-order valence-electron chi connectivity index (χ4n) is 4.72. The first kappa shape index (κ1) is 28.0. The summed E-state index contributed by atoms with van der Waals surface area (Å²) < 4.78 is 17.8. The van der Waals surface area contributed by atoms with Crippen molar-refractivity contribution in [2.24, 2.45) is 4.99 Å². The number of hydrogen-bond acceptors (Lipinski definition) is 9. The number of morpholine rings is 1. The van der Waals surface area contributed by atoms with Gasteiger partial charge >= 0.3 is 0 Å². The summed E-state index contributed by atoms with van der Waals surface area (Å²) >= 11 is 12.2. The summed E-state index contributed by atoms with van der Waals surface area (Å²) in [6.45, 7) is 5.53. The molecule has 210 valence electrons. The highest BCUT2D eigenvalue weighted by Gasteiger charge is 2.28. The Morgan fingerprint density at radius 2 is 1.93 bits per heavy atom. The van der Waals surface area contributed by atoms with Gasteiger partial charge in [-0.1, -0.05) is 23.2 Å². The Bertz CT molecular complexity index is 1420. The number of halogens is 2. The molecule has 13 heteroatoms. The number of benzene rings is 2. The molecule has 1 aromatic heterocycles. The number of nitriles is 1. The lowest BCUT2D eigenvalue weighted by Gasteiger charge is -2.41. The second kappa shape index (κ2) is 12.7. The van der Waals surface area contributed by atoms with Crippen LogP contribution in [0.1, 0.15) is 0 Å². The van der Waals surface area contributed by atoms with Crippen LogP contribution in [0.25, 0.3) is 10.9 Å². The molecular formula is C27H30Cl2N8O3.